The maximum absolute atomic E-state index is 4.93. The van der Waals surface area contributed by atoms with E-state index in [-0.39, 0.29) is 0 Å². The minimum Gasteiger partial charge on any atom is -0.373 e. The fourth-order valence-electron chi connectivity index (χ4n) is 3.15. The highest BCUT2D eigenvalue weighted by Gasteiger charge is 2.31. The lowest BCUT2D eigenvalue weighted by atomic mass is 9.95. The second-order valence-electron chi connectivity index (χ2n) is 6.59. The largest absolute Gasteiger partial charge is 0.373 e. The van der Waals surface area contributed by atoms with Crippen molar-refractivity contribution in [2.45, 2.75) is 58.4 Å². The van der Waals surface area contributed by atoms with Crippen molar-refractivity contribution in [1.29, 1.82) is 0 Å². The topological polar surface area (TPSA) is 41.1 Å². The zero-order chi connectivity index (χ0) is 14.3. The van der Waals surface area contributed by atoms with Crippen LogP contribution in [-0.2, 0) is 0 Å². The lowest BCUT2D eigenvalue weighted by Crippen LogP contribution is -2.42. The summed E-state index contributed by atoms with van der Waals surface area (Å²) in [6.07, 6.45) is 5.09. The summed E-state index contributed by atoms with van der Waals surface area (Å²) in [4.78, 5) is 12.1. The number of piperidine rings is 1. The molecule has 1 aromatic rings. The van der Waals surface area contributed by atoms with Crippen molar-refractivity contribution in [2.24, 2.45) is 5.92 Å². The Labute approximate surface area is 122 Å². The van der Waals surface area contributed by atoms with E-state index in [0.717, 1.165) is 29.9 Å². The van der Waals surface area contributed by atoms with Gasteiger partial charge < -0.3 is 10.2 Å². The van der Waals surface area contributed by atoms with Crippen molar-refractivity contribution in [2.75, 3.05) is 23.8 Å². The molecule has 2 aliphatic rings. The molecule has 0 spiro atoms. The predicted octanol–water partition coefficient (Wildman–Crippen LogP) is 3.33. The molecule has 1 aliphatic heterocycles. The lowest BCUT2D eigenvalue weighted by molar-refractivity contribution is 0.387. The number of rotatable bonds is 3. The van der Waals surface area contributed by atoms with Crippen LogP contribution < -0.4 is 10.2 Å². The third-order valence-electron chi connectivity index (χ3n) is 4.71. The van der Waals surface area contributed by atoms with Crippen molar-refractivity contribution < 1.29 is 0 Å². The Morgan fingerprint density at radius 2 is 1.85 bits per heavy atom. The van der Waals surface area contributed by atoms with Crippen LogP contribution in [0.1, 0.15) is 56.8 Å². The molecule has 1 saturated carbocycles. The van der Waals surface area contributed by atoms with Gasteiger partial charge in [-0.15, -0.1) is 0 Å². The van der Waals surface area contributed by atoms with E-state index in [1.54, 1.807) is 0 Å². The Morgan fingerprint density at radius 3 is 2.50 bits per heavy atom. The minimum atomic E-state index is 0.580. The minimum absolute atomic E-state index is 0.580. The number of aromatic nitrogens is 2. The molecule has 1 saturated heterocycles. The highest BCUT2D eigenvalue weighted by Crippen LogP contribution is 2.40. The zero-order valence-corrected chi connectivity index (χ0v) is 13.1. The summed E-state index contributed by atoms with van der Waals surface area (Å²) < 4.78 is 0. The maximum atomic E-state index is 4.93. The van der Waals surface area contributed by atoms with Gasteiger partial charge in [-0.25, -0.2) is 9.97 Å². The first-order valence-electron chi connectivity index (χ1n) is 7.93. The number of hydrogen-bond acceptors (Lipinski definition) is 4. The number of hydrogen-bond donors (Lipinski definition) is 1. The van der Waals surface area contributed by atoms with Crippen LogP contribution in [0.4, 0.5) is 11.6 Å². The van der Waals surface area contributed by atoms with E-state index in [4.69, 9.17) is 9.97 Å². The van der Waals surface area contributed by atoms with Crippen LogP contribution in [0, 0.1) is 12.8 Å². The molecule has 2 fully saturated rings. The summed E-state index contributed by atoms with van der Waals surface area (Å²) in [7, 11) is 1.96. The third kappa shape index (κ3) is 2.48. The van der Waals surface area contributed by atoms with Gasteiger partial charge in [-0.05, 0) is 45.4 Å². The summed E-state index contributed by atoms with van der Waals surface area (Å²) in [5.74, 6) is 4.55. The molecule has 110 valence electrons. The first-order chi connectivity index (χ1) is 9.60. The van der Waals surface area contributed by atoms with Crippen molar-refractivity contribution in [3.8, 4) is 0 Å². The summed E-state index contributed by atoms with van der Waals surface area (Å²) >= 11 is 0. The molecular weight excluding hydrogens is 248 g/mol. The molecule has 0 amide bonds. The molecule has 0 aromatic carbocycles. The molecule has 1 N–H and O–H groups in total. The molecule has 4 heteroatoms. The lowest BCUT2D eigenvalue weighted by Gasteiger charge is -2.38. The summed E-state index contributed by atoms with van der Waals surface area (Å²) in [5.41, 5.74) is 1.19. The van der Waals surface area contributed by atoms with Crippen molar-refractivity contribution in [3.05, 3.63) is 11.4 Å². The van der Waals surface area contributed by atoms with E-state index in [2.05, 4.69) is 31.0 Å². The first kappa shape index (κ1) is 13.7. The van der Waals surface area contributed by atoms with Gasteiger partial charge in [0.1, 0.15) is 17.5 Å². The van der Waals surface area contributed by atoms with E-state index in [9.17, 15) is 0 Å². The highest BCUT2D eigenvalue weighted by atomic mass is 15.2. The molecular formula is C16H26N4. The van der Waals surface area contributed by atoms with E-state index in [0.29, 0.717) is 12.0 Å². The molecule has 4 nitrogen and oxygen atoms in total. The van der Waals surface area contributed by atoms with Crippen LogP contribution in [0.5, 0.6) is 0 Å². The summed E-state index contributed by atoms with van der Waals surface area (Å²) in [5, 5.41) is 3.25. The smallest absolute Gasteiger partial charge is 0.137 e. The Morgan fingerprint density at radius 1 is 1.10 bits per heavy atom. The Kier molecular flexibility index (Phi) is 3.57. The van der Waals surface area contributed by atoms with Gasteiger partial charge in [-0.3, -0.25) is 0 Å². The maximum Gasteiger partial charge on any atom is 0.137 e. The van der Waals surface area contributed by atoms with Gasteiger partial charge in [0.15, 0.2) is 0 Å². The summed E-state index contributed by atoms with van der Waals surface area (Å²) in [6, 6.07) is 0.580. The molecule has 20 heavy (non-hydrogen) atoms. The van der Waals surface area contributed by atoms with Gasteiger partial charge in [0.25, 0.3) is 0 Å². The molecule has 0 bridgehead atoms. The van der Waals surface area contributed by atoms with E-state index < -0.39 is 0 Å². The van der Waals surface area contributed by atoms with Crippen LogP contribution in [0.3, 0.4) is 0 Å². The Balaban J connectivity index is 1.99. The van der Waals surface area contributed by atoms with Crippen LogP contribution in [0.25, 0.3) is 0 Å². The second-order valence-corrected chi connectivity index (χ2v) is 6.59. The van der Waals surface area contributed by atoms with Gasteiger partial charge >= 0.3 is 0 Å². The fraction of sp³-hybridized carbons (Fsp3) is 0.750. The molecule has 3 rings (SSSR count). The van der Waals surface area contributed by atoms with Crippen LogP contribution in [0.15, 0.2) is 0 Å². The van der Waals surface area contributed by atoms with Crippen LogP contribution in [0.2, 0.25) is 0 Å². The Hall–Kier alpha value is -1.32. The van der Waals surface area contributed by atoms with E-state index in [1.807, 2.05) is 7.05 Å². The first-order valence-corrected chi connectivity index (χ1v) is 7.93. The highest BCUT2D eigenvalue weighted by molar-refractivity contribution is 5.59. The SMILES string of the molecule is CNc1nc(C2CC2)nc(N2CC(C)CCC2C)c1C. The normalized spacial score (nSPS) is 26.7. The number of nitrogens with zero attached hydrogens (tertiary/aromatic N) is 3. The van der Waals surface area contributed by atoms with Crippen molar-refractivity contribution in [3.63, 3.8) is 0 Å². The molecule has 0 radical (unpaired) electrons. The van der Waals surface area contributed by atoms with Crippen LogP contribution in [-0.4, -0.2) is 29.6 Å². The van der Waals surface area contributed by atoms with Gasteiger partial charge in [0, 0.05) is 31.1 Å². The van der Waals surface area contributed by atoms with Crippen molar-refractivity contribution in [1.82, 2.24) is 9.97 Å². The zero-order valence-electron chi connectivity index (χ0n) is 13.1. The average molecular weight is 274 g/mol. The number of nitrogens with one attached hydrogen (secondary N) is 1. The quantitative estimate of drug-likeness (QED) is 0.918. The number of anilines is 2. The predicted molar refractivity (Wildman–Crippen MR) is 83.5 cm³/mol. The van der Waals surface area contributed by atoms with E-state index >= 15 is 0 Å². The van der Waals surface area contributed by atoms with Crippen LogP contribution >= 0.6 is 0 Å². The second kappa shape index (κ2) is 5.23. The monoisotopic (exact) mass is 274 g/mol. The molecule has 2 unspecified atom stereocenters. The summed E-state index contributed by atoms with van der Waals surface area (Å²) in [6.45, 7) is 7.93. The van der Waals surface area contributed by atoms with Gasteiger partial charge in [-0.1, -0.05) is 6.92 Å². The molecule has 1 aromatic heterocycles. The molecule has 1 aliphatic carbocycles. The average Bonchev–Trinajstić information content (AvgIpc) is 3.26. The third-order valence-corrected chi connectivity index (χ3v) is 4.71. The Bertz CT molecular complexity index is 495. The van der Waals surface area contributed by atoms with Gasteiger partial charge in [0.2, 0.25) is 0 Å². The van der Waals surface area contributed by atoms with Crippen molar-refractivity contribution >= 4 is 11.6 Å². The standard InChI is InChI=1S/C16H26N4/c1-10-5-6-11(2)20(9-10)16-12(3)14(17-4)18-15(19-16)13-7-8-13/h10-11,13H,5-9H2,1-4H3,(H,17,18,19). The molecule has 2 atom stereocenters. The fourth-order valence-corrected chi connectivity index (χ4v) is 3.15. The van der Waals surface area contributed by atoms with Gasteiger partial charge in [-0.2, -0.15) is 0 Å². The van der Waals surface area contributed by atoms with E-state index in [1.165, 1.54) is 31.2 Å². The van der Waals surface area contributed by atoms with Gasteiger partial charge in [0.05, 0.1) is 0 Å². The molecule has 2 heterocycles.